The molecule has 0 unspecified atom stereocenters. The van der Waals surface area contributed by atoms with Crippen molar-refractivity contribution in [3.05, 3.63) is 35.7 Å². The van der Waals surface area contributed by atoms with Crippen LogP contribution in [0.2, 0.25) is 0 Å². The summed E-state index contributed by atoms with van der Waals surface area (Å²) in [5, 5.41) is 6.80. The smallest absolute Gasteiger partial charge is 0.0909 e. The molecule has 0 aliphatic heterocycles. The van der Waals surface area contributed by atoms with E-state index in [2.05, 4.69) is 28.2 Å². The maximum atomic E-state index is 4.35. The predicted octanol–water partition coefficient (Wildman–Crippen LogP) is 2.09. The quantitative estimate of drug-likeness (QED) is 0.841. The summed E-state index contributed by atoms with van der Waals surface area (Å²) >= 11 is 0. The molecule has 2 heterocycles. The van der Waals surface area contributed by atoms with E-state index >= 15 is 0 Å². The van der Waals surface area contributed by atoms with Crippen molar-refractivity contribution in [1.29, 1.82) is 0 Å². The molecule has 1 N–H and O–H groups in total. The molecule has 14 heavy (non-hydrogen) atoms. The first-order valence-electron chi connectivity index (χ1n) is 4.20. The van der Waals surface area contributed by atoms with Gasteiger partial charge in [0.2, 0.25) is 0 Å². The minimum absolute atomic E-state index is 0. The molecule has 0 atom stereocenters. The summed E-state index contributed by atoms with van der Waals surface area (Å²) in [4.78, 5) is 4.35. The first-order valence-corrected chi connectivity index (χ1v) is 4.20. The molecule has 0 saturated heterocycles. The summed E-state index contributed by atoms with van der Waals surface area (Å²) in [6.45, 7) is 4.09. The predicted molar refractivity (Wildman–Crippen MR) is 51.3 cm³/mol. The van der Waals surface area contributed by atoms with E-state index in [9.17, 15) is 0 Å². The Morgan fingerprint density at radius 1 is 1.29 bits per heavy atom. The van der Waals surface area contributed by atoms with Gasteiger partial charge in [-0.2, -0.15) is 5.10 Å². The molecule has 2 aromatic rings. The molecule has 0 aliphatic rings. The van der Waals surface area contributed by atoms with E-state index in [0.717, 1.165) is 11.4 Å². The summed E-state index contributed by atoms with van der Waals surface area (Å²) in [6, 6.07) is 4.04. The van der Waals surface area contributed by atoms with Gasteiger partial charge in [-0.15, -0.1) is 0 Å². The zero-order chi connectivity index (χ0) is 9.26. The molecule has 0 fully saturated rings. The summed E-state index contributed by atoms with van der Waals surface area (Å²) in [5.74, 6) is 0. The summed E-state index contributed by atoms with van der Waals surface area (Å²) < 4.78 is 0. The first kappa shape index (κ1) is 11.1. The van der Waals surface area contributed by atoms with E-state index in [-0.39, 0.29) is 20.1 Å². The van der Waals surface area contributed by atoms with Crippen LogP contribution in [-0.4, -0.2) is 15.2 Å². The van der Waals surface area contributed by atoms with Crippen LogP contribution in [-0.2, 0) is 20.1 Å². The van der Waals surface area contributed by atoms with Gasteiger partial charge >= 0.3 is 0 Å². The number of rotatable bonds is 1. The minimum Gasteiger partial charge on any atom is -0.276 e. The van der Waals surface area contributed by atoms with E-state index < -0.39 is 0 Å². The van der Waals surface area contributed by atoms with Crippen LogP contribution in [0.25, 0.3) is 11.4 Å². The Bertz CT molecular complexity index is 409. The van der Waals surface area contributed by atoms with Gasteiger partial charge in [0.25, 0.3) is 0 Å². The van der Waals surface area contributed by atoms with Crippen molar-refractivity contribution in [2.45, 2.75) is 13.8 Å². The Hall–Kier alpha value is -0.991. The number of hydrogen-bond acceptors (Lipinski definition) is 2. The van der Waals surface area contributed by atoms with E-state index in [1.807, 2.05) is 19.2 Å². The van der Waals surface area contributed by atoms with E-state index in [0.29, 0.717) is 0 Å². The topological polar surface area (TPSA) is 41.6 Å². The Morgan fingerprint density at radius 2 is 2.07 bits per heavy atom. The number of hydrogen-bond donors (Lipinski definition) is 1. The zero-order valence-corrected chi connectivity index (χ0v) is 10.4. The van der Waals surface area contributed by atoms with Crippen LogP contribution in [0.5, 0.6) is 0 Å². The van der Waals surface area contributed by atoms with Crippen LogP contribution >= 0.6 is 0 Å². The average molecular weight is 365 g/mol. The van der Waals surface area contributed by atoms with Crippen molar-refractivity contribution >= 4 is 0 Å². The van der Waals surface area contributed by atoms with E-state index in [1.54, 1.807) is 6.20 Å². The van der Waals surface area contributed by atoms with Crippen molar-refractivity contribution in [2.24, 2.45) is 0 Å². The van der Waals surface area contributed by atoms with Gasteiger partial charge in [-0.3, -0.25) is 10.1 Å². The van der Waals surface area contributed by atoms with Crippen molar-refractivity contribution in [3.8, 4) is 11.4 Å². The van der Waals surface area contributed by atoms with Crippen molar-refractivity contribution in [1.82, 2.24) is 15.2 Å². The van der Waals surface area contributed by atoms with Crippen molar-refractivity contribution in [2.75, 3.05) is 0 Å². The number of aryl methyl sites for hydroxylation is 2. The van der Waals surface area contributed by atoms with Crippen LogP contribution in [0.3, 0.4) is 0 Å². The number of nitrogens with zero attached hydrogens (tertiary/aromatic N) is 2. The van der Waals surface area contributed by atoms with Crippen LogP contribution in [0.1, 0.15) is 11.1 Å². The molecule has 0 saturated carbocycles. The molecule has 0 aromatic carbocycles. The third kappa shape index (κ3) is 2.08. The second kappa shape index (κ2) is 4.49. The summed E-state index contributed by atoms with van der Waals surface area (Å²) in [6.07, 6.45) is 3.60. The molecule has 0 bridgehead atoms. The molecule has 2 rings (SSSR count). The van der Waals surface area contributed by atoms with Gasteiger partial charge in [0.1, 0.15) is 0 Å². The minimum atomic E-state index is 0. The summed E-state index contributed by atoms with van der Waals surface area (Å²) in [7, 11) is 0. The first-order chi connectivity index (χ1) is 6.27. The Balaban J connectivity index is 0.000000980. The third-order valence-corrected chi connectivity index (χ3v) is 1.97. The Kier molecular flexibility index (Phi) is 3.55. The Morgan fingerprint density at radius 3 is 2.64 bits per heavy atom. The molecule has 1 radical (unpaired) electrons. The van der Waals surface area contributed by atoms with Crippen LogP contribution in [0.15, 0.2) is 24.5 Å². The fraction of sp³-hybridized carbons (Fsp3) is 0.200. The van der Waals surface area contributed by atoms with E-state index in [4.69, 9.17) is 0 Å². The maximum absolute atomic E-state index is 4.35. The third-order valence-electron chi connectivity index (χ3n) is 1.97. The number of pyridine rings is 1. The average Bonchev–Trinajstić information content (AvgIpc) is 2.56. The standard InChI is InChI=1S/C10H11N3.Ir/c1-7-5-8(2)10(11-6-7)9-3-4-12-13-9;/h3-6H,1-2H3,(H,12,13);. The molecule has 75 valence electrons. The normalized spacial score (nSPS) is 9.57. The number of aromatic nitrogens is 3. The van der Waals surface area contributed by atoms with Crippen LogP contribution in [0.4, 0.5) is 0 Å². The number of H-pyrrole nitrogens is 1. The molecule has 2 aromatic heterocycles. The molecule has 3 nitrogen and oxygen atoms in total. The van der Waals surface area contributed by atoms with Gasteiger partial charge < -0.3 is 0 Å². The second-order valence-corrected chi connectivity index (χ2v) is 3.15. The van der Waals surface area contributed by atoms with Crippen LogP contribution < -0.4 is 0 Å². The molecule has 0 spiro atoms. The zero-order valence-electron chi connectivity index (χ0n) is 8.04. The SMILES string of the molecule is Cc1cnc(-c2ccn[nH]2)c(C)c1.[Ir]. The molecular weight excluding hydrogens is 354 g/mol. The van der Waals surface area contributed by atoms with Gasteiger partial charge in [-0.05, 0) is 31.0 Å². The van der Waals surface area contributed by atoms with Gasteiger partial charge in [-0.25, -0.2) is 0 Å². The number of aromatic amines is 1. The monoisotopic (exact) mass is 366 g/mol. The van der Waals surface area contributed by atoms with Crippen molar-refractivity contribution in [3.63, 3.8) is 0 Å². The van der Waals surface area contributed by atoms with E-state index in [1.165, 1.54) is 11.1 Å². The largest absolute Gasteiger partial charge is 0.276 e. The van der Waals surface area contributed by atoms with Crippen molar-refractivity contribution < 1.29 is 20.1 Å². The van der Waals surface area contributed by atoms with Gasteiger partial charge in [0.05, 0.1) is 11.4 Å². The molecule has 0 amide bonds. The molecule has 0 aliphatic carbocycles. The van der Waals surface area contributed by atoms with Gasteiger partial charge in [0, 0.05) is 32.5 Å². The Labute approximate surface area is 96.3 Å². The fourth-order valence-corrected chi connectivity index (χ4v) is 1.39. The van der Waals surface area contributed by atoms with Gasteiger partial charge in [0.15, 0.2) is 0 Å². The molecular formula is C10H11IrN3. The van der Waals surface area contributed by atoms with Gasteiger partial charge in [-0.1, -0.05) is 6.07 Å². The fourth-order valence-electron chi connectivity index (χ4n) is 1.39. The van der Waals surface area contributed by atoms with Crippen LogP contribution in [0, 0.1) is 13.8 Å². The molecule has 4 heteroatoms. The second-order valence-electron chi connectivity index (χ2n) is 3.15. The maximum Gasteiger partial charge on any atom is 0.0909 e. The summed E-state index contributed by atoms with van der Waals surface area (Å²) in [5.41, 5.74) is 4.30. The number of nitrogens with one attached hydrogen (secondary N) is 1.